The lowest BCUT2D eigenvalue weighted by Gasteiger charge is -2.26. The molecule has 1 heterocycles. The Morgan fingerprint density at radius 3 is 2.47 bits per heavy atom. The minimum atomic E-state index is 0.0371. The molecule has 1 atom stereocenters. The lowest BCUT2D eigenvalue weighted by atomic mass is 9.82. The van der Waals surface area contributed by atoms with Crippen LogP contribution in [0.4, 0.5) is 0 Å². The zero-order valence-electron chi connectivity index (χ0n) is 8.73. The van der Waals surface area contributed by atoms with Crippen molar-refractivity contribution in [3.63, 3.8) is 0 Å². The van der Waals surface area contributed by atoms with Crippen molar-refractivity contribution in [3.05, 3.63) is 35.9 Å². The Balaban J connectivity index is 2.14. The van der Waals surface area contributed by atoms with Gasteiger partial charge in [0.15, 0.2) is 0 Å². The van der Waals surface area contributed by atoms with Gasteiger partial charge < -0.3 is 4.74 Å². The zero-order valence-corrected chi connectivity index (χ0v) is 8.73. The molecule has 0 saturated carbocycles. The lowest BCUT2D eigenvalue weighted by Crippen LogP contribution is -2.21. The van der Waals surface area contributed by atoms with Gasteiger partial charge in [-0.05, 0) is 24.3 Å². The Kier molecular flexibility index (Phi) is 3.37. The number of benzene rings is 1. The van der Waals surface area contributed by atoms with E-state index in [1.165, 1.54) is 0 Å². The minimum Gasteiger partial charge on any atom is -0.381 e. The Morgan fingerprint density at radius 2 is 1.87 bits per heavy atom. The Bertz CT molecular complexity index is 335. The van der Waals surface area contributed by atoms with Gasteiger partial charge in [0, 0.05) is 13.2 Å². The van der Waals surface area contributed by atoms with E-state index in [0.717, 1.165) is 31.6 Å². The summed E-state index contributed by atoms with van der Waals surface area (Å²) in [7, 11) is 0. The molecule has 15 heavy (non-hydrogen) atoms. The summed E-state index contributed by atoms with van der Waals surface area (Å²) in [4.78, 5) is 0. The molecule has 2 rings (SSSR count). The van der Waals surface area contributed by atoms with Gasteiger partial charge in [-0.2, -0.15) is 5.26 Å². The summed E-state index contributed by atoms with van der Waals surface area (Å²) in [5.74, 6) is 0.501. The molecule has 2 nitrogen and oxygen atoms in total. The summed E-state index contributed by atoms with van der Waals surface area (Å²) < 4.78 is 5.32. The number of nitrogens with zero attached hydrogens (tertiary/aromatic N) is 1. The van der Waals surface area contributed by atoms with Crippen molar-refractivity contribution < 1.29 is 4.74 Å². The van der Waals surface area contributed by atoms with E-state index in [4.69, 9.17) is 4.74 Å². The highest BCUT2D eigenvalue weighted by molar-refractivity contribution is 5.25. The number of ether oxygens (including phenoxy) is 1. The highest BCUT2D eigenvalue weighted by Gasteiger charge is 2.24. The van der Waals surface area contributed by atoms with E-state index >= 15 is 0 Å². The van der Waals surface area contributed by atoms with Crippen LogP contribution in [-0.2, 0) is 4.74 Å². The molecule has 0 amide bonds. The largest absolute Gasteiger partial charge is 0.381 e. The third-order valence-corrected chi connectivity index (χ3v) is 3.04. The molecule has 1 unspecified atom stereocenters. The van der Waals surface area contributed by atoms with Gasteiger partial charge in [0.25, 0.3) is 0 Å². The van der Waals surface area contributed by atoms with Gasteiger partial charge >= 0.3 is 0 Å². The summed E-state index contributed by atoms with van der Waals surface area (Å²) in [6.45, 7) is 1.60. The highest BCUT2D eigenvalue weighted by Crippen LogP contribution is 2.31. The fourth-order valence-electron chi connectivity index (χ4n) is 2.16. The van der Waals surface area contributed by atoms with Crippen LogP contribution in [0.2, 0.25) is 0 Å². The van der Waals surface area contributed by atoms with Crippen LogP contribution >= 0.6 is 0 Å². The SMILES string of the molecule is N#CC(c1ccccc1)C1CCOCC1. The van der Waals surface area contributed by atoms with Crippen molar-refractivity contribution in [1.29, 1.82) is 5.26 Å². The van der Waals surface area contributed by atoms with E-state index in [1.807, 2.05) is 30.3 Å². The lowest BCUT2D eigenvalue weighted by molar-refractivity contribution is 0.0629. The molecule has 2 heteroatoms. The van der Waals surface area contributed by atoms with Crippen molar-refractivity contribution in [3.8, 4) is 6.07 Å². The molecule has 1 aliphatic rings. The normalized spacial score (nSPS) is 19.4. The average Bonchev–Trinajstić information content (AvgIpc) is 2.33. The molecule has 0 aliphatic carbocycles. The Hall–Kier alpha value is -1.33. The van der Waals surface area contributed by atoms with E-state index < -0.39 is 0 Å². The first-order chi connectivity index (χ1) is 7.42. The highest BCUT2D eigenvalue weighted by atomic mass is 16.5. The Morgan fingerprint density at radius 1 is 1.20 bits per heavy atom. The molecule has 0 aromatic heterocycles. The molecule has 78 valence electrons. The van der Waals surface area contributed by atoms with Gasteiger partial charge in [0.2, 0.25) is 0 Å². The maximum absolute atomic E-state index is 9.24. The second kappa shape index (κ2) is 4.95. The van der Waals surface area contributed by atoms with Gasteiger partial charge in [-0.25, -0.2) is 0 Å². The van der Waals surface area contributed by atoms with Crippen LogP contribution in [0.1, 0.15) is 24.3 Å². The van der Waals surface area contributed by atoms with Crippen LogP contribution in [0.3, 0.4) is 0 Å². The Labute approximate surface area is 90.5 Å². The molecule has 1 fully saturated rings. The topological polar surface area (TPSA) is 33.0 Å². The fraction of sp³-hybridized carbons (Fsp3) is 0.462. The van der Waals surface area contributed by atoms with Crippen molar-refractivity contribution in [1.82, 2.24) is 0 Å². The summed E-state index contributed by atoms with van der Waals surface area (Å²) in [6.07, 6.45) is 2.01. The fourth-order valence-corrected chi connectivity index (χ4v) is 2.16. The van der Waals surface area contributed by atoms with Crippen molar-refractivity contribution >= 4 is 0 Å². The monoisotopic (exact) mass is 201 g/mol. The maximum Gasteiger partial charge on any atom is 0.0742 e. The summed E-state index contributed by atoms with van der Waals surface area (Å²) in [5.41, 5.74) is 1.15. The summed E-state index contributed by atoms with van der Waals surface area (Å²) in [6, 6.07) is 12.5. The third-order valence-electron chi connectivity index (χ3n) is 3.04. The van der Waals surface area contributed by atoms with Gasteiger partial charge in [-0.3, -0.25) is 0 Å². The van der Waals surface area contributed by atoms with Crippen LogP contribution in [-0.4, -0.2) is 13.2 Å². The third kappa shape index (κ3) is 2.37. The molecular weight excluding hydrogens is 186 g/mol. The van der Waals surface area contributed by atoms with Crippen molar-refractivity contribution in [2.24, 2.45) is 5.92 Å². The molecule has 0 N–H and O–H groups in total. The van der Waals surface area contributed by atoms with E-state index in [9.17, 15) is 5.26 Å². The number of hydrogen-bond donors (Lipinski definition) is 0. The first kappa shape index (κ1) is 10.2. The van der Waals surface area contributed by atoms with Gasteiger partial charge in [-0.1, -0.05) is 30.3 Å². The summed E-state index contributed by atoms with van der Waals surface area (Å²) >= 11 is 0. The summed E-state index contributed by atoms with van der Waals surface area (Å²) in [5, 5.41) is 9.24. The van der Waals surface area contributed by atoms with Crippen LogP contribution in [0, 0.1) is 17.2 Å². The first-order valence-electron chi connectivity index (χ1n) is 5.44. The second-order valence-electron chi connectivity index (χ2n) is 3.97. The standard InChI is InChI=1S/C13H15NO/c14-10-13(11-4-2-1-3-5-11)12-6-8-15-9-7-12/h1-5,12-13H,6-9H2. The molecule has 1 saturated heterocycles. The zero-order chi connectivity index (χ0) is 10.5. The molecule has 1 aliphatic heterocycles. The quantitative estimate of drug-likeness (QED) is 0.737. The molecule has 1 aromatic rings. The molecule has 0 radical (unpaired) electrons. The van der Waals surface area contributed by atoms with Gasteiger partial charge in [0.1, 0.15) is 0 Å². The van der Waals surface area contributed by atoms with E-state index in [1.54, 1.807) is 0 Å². The van der Waals surface area contributed by atoms with Crippen LogP contribution in [0.25, 0.3) is 0 Å². The van der Waals surface area contributed by atoms with Crippen LogP contribution in [0.15, 0.2) is 30.3 Å². The number of nitriles is 1. The first-order valence-corrected chi connectivity index (χ1v) is 5.44. The van der Waals surface area contributed by atoms with Crippen LogP contribution in [0.5, 0.6) is 0 Å². The predicted molar refractivity (Wildman–Crippen MR) is 58.3 cm³/mol. The minimum absolute atomic E-state index is 0.0371. The second-order valence-corrected chi connectivity index (χ2v) is 3.97. The van der Waals surface area contributed by atoms with Crippen molar-refractivity contribution in [2.75, 3.05) is 13.2 Å². The predicted octanol–water partition coefficient (Wildman–Crippen LogP) is 2.72. The molecular formula is C13H15NO. The van der Waals surface area contributed by atoms with Crippen LogP contribution < -0.4 is 0 Å². The smallest absolute Gasteiger partial charge is 0.0742 e. The van der Waals surface area contributed by atoms with Gasteiger partial charge in [-0.15, -0.1) is 0 Å². The number of rotatable bonds is 2. The maximum atomic E-state index is 9.24. The van der Waals surface area contributed by atoms with Crippen molar-refractivity contribution in [2.45, 2.75) is 18.8 Å². The molecule has 1 aromatic carbocycles. The average molecular weight is 201 g/mol. The van der Waals surface area contributed by atoms with E-state index in [-0.39, 0.29) is 5.92 Å². The van der Waals surface area contributed by atoms with E-state index in [2.05, 4.69) is 6.07 Å². The van der Waals surface area contributed by atoms with Gasteiger partial charge in [0.05, 0.1) is 12.0 Å². The number of hydrogen-bond acceptors (Lipinski definition) is 2. The van der Waals surface area contributed by atoms with E-state index in [0.29, 0.717) is 5.92 Å². The molecule has 0 bridgehead atoms. The molecule has 0 spiro atoms.